The molecular weight excluding hydrogens is 414 g/mol. The van der Waals surface area contributed by atoms with Gasteiger partial charge >= 0.3 is 0 Å². The van der Waals surface area contributed by atoms with E-state index in [0.717, 1.165) is 37.1 Å². The van der Waals surface area contributed by atoms with Crippen molar-refractivity contribution in [3.05, 3.63) is 64.4 Å². The van der Waals surface area contributed by atoms with Gasteiger partial charge in [-0.25, -0.2) is 4.39 Å². The standard InChI is InChI=1S/C21H21Cl2FN4O/c1-13(20-18(22)2-3-19(24)21(20)23)29-17-8-14(9-26-11-17)15-10-27-28(12-15)16-4-6-25-7-5-16/h2-3,8-13,16,25H,4-7H2,1H3. The quantitative estimate of drug-likeness (QED) is 0.541. The van der Waals surface area contributed by atoms with Crippen LogP contribution in [0.1, 0.15) is 37.5 Å². The van der Waals surface area contributed by atoms with Crippen LogP contribution in [-0.2, 0) is 0 Å². The van der Waals surface area contributed by atoms with Crippen molar-refractivity contribution in [1.29, 1.82) is 0 Å². The second-order valence-corrected chi connectivity index (χ2v) is 7.90. The fourth-order valence-corrected chi connectivity index (χ4v) is 4.26. The monoisotopic (exact) mass is 434 g/mol. The third-order valence-corrected chi connectivity index (χ3v) is 5.84. The summed E-state index contributed by atoms with van der Waals surface area (Å²) in [6.45, 7) is 3.79. The van der Waals surface area contributed by atoms with Gasteiger partial charge in [0.2, 0.25) is 0 Å². The summed E-state index contributed by atoms with van der Waals surface area (Å²) in [5.41, 5.74) is 2.28. The van der Waals surface area contributed by atoms with E-state index < -0.39 is 11.9 Å². The number of aromatic nitrogens is 3. The molecule has 5 nitrogen and oxygen atoms in total. The van der Waals surface area contributed by atoms with Gasteiger partial charge < -0.3 is 10.1 Å². The van der Waals surface area contributed by atoms with Crippen molar-refractivity contribution in [2.45, 2.75) is 31.9 Å². The highest BCUT2D eigenvalue weighted by atomic mass is 35.5. The normalized spacial score (nSPS) is 16.0. The minimum Gasteiger partial charge on any atom is -0.484 e. The number of halogens is 3. The van der Waals surface area contributed by atoms with Crippen LogP contribution in [0.5, 0.6) is 5.75 Å². The van der Waals surface area contributed by atoms with Crippen molar-refractivity contribution in [3.63, 3.8) is 0 Å². The van der Waals surface area contributed by atoms with Crippen LogP contribution in [0, 0.1) is 5.82 Å². The number of nitrogens with one attached hydrogen (secondary N) is 1. The van der Waals surface area contributed by atoms with Gasteiger partial charge in [0, 0.05) is 34.1 Å². The van der Waals surface area contributed by atoms with Crippen LogP contribution in [0.25, 0.3) is 11.1 Å². The molecule has 0 bridgehead atoms. The van der Waals surface area contributed by atoms with Crippen LogP contribution >= 0.6 is 23.2 Å². The summed E-state index contributed by atoms with van der Waals surface area (Å²) in [7, 11) is 0. The molecule has 1 aliphatic rings. The molecule has 0 saturated carbocycles. The van der Waals surface area contributed by atoms with Crippen molar-refractivity contribution >= 4 is 23.2 Å². The molecule has 1 N–H and O–H groups in total. The van der Waals surface area contributed by atoms with Crippen molar-refractivity contribution < 1.29 is 9.13 Å². The van der Waals surface area contributed by atoms with E-state index in [1.807, 2.05) is 23.1 Å². The predicted molar refractivity (Wildman–Crippen MR) is 112 cm³/mol. The van der Waals surface area contributed by atoms with Gasteiger partial charge in [0.05, 0.1) is 23.5 Å². The molecule has 1 fully saturated rings. The molecule has 1 atom stereocenters. The van der Waals surface area contributed by atoms with Crippen molar-refractivity contribution in [2.24, 2.45) is 0 Å². The summed E-state index contributed by atoms with van der Waals surface area (Å²) >= 11 is 12.3. The van der Waals surface area contributed by atoms with Crippen LogP contribution in [0.3, 0.4) is 0 Å². The van der Waals surface area contributed by atoms with E-state index in [1.54, 1.807) is 19.3 Å². The Labute approximate surface area is 178 Å². The third kappa shape index (κ3) is 4.39. The topological polar surface area (TPSA) is 52.0 Å². The van der Waals surface area contributed by atoms with E-state index in [0.29, 0.717) is 22.4 Å². The molecule has 0 radical (unpaired) electrons. The van der Waals surface area contributed by atoms with E-state index in [4.69, 9.17) is 27.9 Å². The number of rotatable bonds is 5. The number of hydrogen-bond donors (Lipinski definition) is 1. The van der Waals surface area contributed by atoms with E-state index in [9.17, 15) is 4.39 Å². The van der Waals surface area contributed by atoms with Crippen LogP contribution in [0.2, 0.25) is 10.0 Å². The third-order valence-electron chi connectivity index (χ3n) is 5.13. The van der Waals surface area contributed by atoms with Crippen LogP contribution in [0.4, 0.5) is 4.39 Å². The Balaban J connectivity index is 1.54. The van der Waals surface area contributed by atoms with Crippen LogP contribution < -0.4 is 10.1 Å². The number of hydrogen-bond acceptors (Lipinski definition) is 4. The molecule has 0 amide bonds. The Bertz CT molecular complexity index is 1000. The highest BCUT2D eigenvalue weighted by Crippen LogP contribution is 2.35. The Morgan fingerprint density at radius 2 is 1.97 bits per heavy atom. The molecule has 8 heteroatoms. The lowest BCUT2D eigenvalue weighted by Gasteiger charge is -2.22. The van der Waals surface area contributed by atoms with Gasteiger partial charge in [-0.1, -0.05) is 23.2 Å². The molecule has 152 valence electrons. The molecule has 1 unspecified atom stereocenters. The molecule has 1 saturated heterocycles. The van der Waals surface area contributed by atoms with E-state index >= 15 is 0 Å². The van der Waals surface area contributed by atoms with Crippen molar-refractivity contribution in [3.8, 4) is 16.9 Å². The minimum absolute atomic E-state index is 0.0302. The fraction of sp³-hybridized carbons (Fsp3) is 0.333. The van der Waals surface area contributed by atoms with E-state index in [-0.39, 0.29) is 5.02 Å². The Hall–Kier alpha value is -2.15. The first-order valence-corrected chi connectivity index (χ1v) is 10.3. The zero-order valence-corrected chi connectivity index (χ0v) is 17.4. The summed E-state index contributed by atoms with van der Waals surface area (Å²) in [6, 6.07) is 5.01. The smallest absolute Gasteiger partial charge is 0.142 e. The summed E-state index contributed by atoms with van der Waals surface area (Å²) in [4.78, 5) is 4.28. The summed E-state index contributed by atoms with van der Waals surface area (Å²) in [6.07, 6.45) is 8.85. The SMILES string of the molecule is CC(Oc1cncc(-c2cnn(C3CCNCC3)c2)c1)c1c(Cl)ccc(F)c1Cl. The fourth-order valence-electron chi connectivity index (χ4n) is 3.58. The largest absolute Gasteiger partial charge is 0.484 e. The lowest BCUT2D eigenvalue weighted by molar-refractivity contribution is 0.226. The van der Waals surface area contributed by atoms with Gasteiger partial charge in [0.25, 0.3) is 0 Å². The van der Waals surface area contributed by atoms with Crippen LogP contribution in [-0.4, -0.2) is 27.9 Å². The molecular formula is C21H21Cl2FN4O. The van der Waals surface area contributed by atoms with Gasteiger partial charge in [-0.15, -0.1) is 0 Å². The average Bonchev–Trinajstić information content (AvgIpc) is 3.22. The molecule has 4 rings (SSSR count). The zero-order valence-electron chi connectivity index (χ0n) is 15.9. The zero-order chi connectivity index (χ0) is 20.4. The summed E-state index contributed by atoms with van der Waals surface area (Å²) < 4.78 is 21.8. The first-order chi connectivity index (χ1) is 14.0. The highest BCUT2D eigenvalue weighted by Gasteiger charge is 2.19. The van der Waals surface area contributed by atoms with Gasteiger partial charge in [-0.3, -0.25) is 9.67 Å². The summed E-state index contributed by atoms with van der Waals surface area (Å²) in [5.74, 6) is 0.0136. The number of piperidine rings is 1. The molecule has 0 spiro atoms. The van der Waals surface area contributed by atoms with E-state index in [1.165, 1.54) is 12.1 Å². The highest BCUT2D eigenvalue weighted by molar-refractivity contribution is 6.36. The maximum Gasteiger partial charge on any atom is 0.142 e. The second-order valence-electron chi connectivity index (χ2n) is 7.12. The maximum atomic E-state index is 13.8. The first-order valence-electron chi connectivity index (χ1n) is 9.53. The minimum atomic E-state index is -0.541. The molecule has 1 aliphatic heterocycles. The predicted octanol–water partition coefficient (Wildman–Crippen LogP) is 5.46. The number of nitrogens with zero attached hydrogens (tertiary/aromatic N) is 3. The second kappa shape index (κ2) is 8.69. The number of pyridine rings is 1. The lowest BCUT2D eigenvalue weighted by Crippen LogP contribution is -2.29. The maximum absolute atomic E-state index is 13.8. The Morgan fingerprint density at radius 3 is 2.76 bits per heavy atom. The molecule has 29 heavy (non-hydrogen) atoms. The Morgan fingerprint density at radius 1 is 1.17 bits per heavy atom. The molecule has 3 aromatic rings. The van der Waals surface area contributed by atoms with Gasteiger partial charge in [0.1, 0.15) is 17.7 Å². The van der Waals surface area contributed by atoms with Gasteiger partial charge in [-0.2, -0.15) is 5.10 Å². The lowest BCUT2D eigenvalue weighted by atomic mass is 10.1. The summed E-state index contributed by atoms with van der Waals surface area (Å²) in [5, 5.41) is 8.22. The van der Waals surface area contributed by atoms with E-state index in [2.05, 4.69) is 15.4 Å². The van der Waals surface area contributed by atoms with Crippen molar-refractivity contribution in [2.75, 3.05) is 13.1 Å². The average molecular weight is 435 g/mol. The molecule has 3 heterocycles. The molecule has 2 aromatic heterocycles. The van der Waals surface area contributed by atoms with Crippen molar-refractivity contribution in [1.82, 2.24) is 20.1 Å². The van der Waals surface area contributed by atoms with Gasteiger partial charge in [0.15, 0.2) is 0 Å². The Kier molecular flexibility index (Phi) is 6.04. The molecule has 0 aliphatic carbocycles. The number of ether oxygens (including phenoxy) is 1. The van der Waals surface area contributed by atoms with Gasteiger partial charge in [-0.05, 0) is 51.1 Å². The van der Waals surface area contributed by atoms with Crippen LogP contribution in [0.15, 0.2) is 43.0 Å². The number of benzene rings is 1. The first kappa shape index (κ1) is 20.1. The molecule has 1 aromatic carbocycles.